The van der Waals surface area contributed by atoms with Gasteiger partial charge in [0, 0.05) is 19.6 Å². The Morgan fingerprint density at radius 1 is 0.905 bits per heavy atom. The summed E-state index contributed by atoms with van der Waals surface area (Å²) >= 11 is 0. The van der Waals surface area contributed by atoms with Crippen LogP contribution in [0.15, 0.2) is 0 Å². The molecule has 0 bridgehead atoms. The monoisotopic (exact) mass is 304 g/mol. The second kappa shape index (κ2) is 10.9. The van der Waals surface area contributed by atoms with Crippen molar-refractivity contribution in [3.63, 3.8) is 0 Å². The molecule has 0 saturated carbocycles. The molecule has 0 rings (SSSR count). The maximum Gasteiger partial charge on any atom is 0.324 e. The molecule has 21 heavy (non-hydrogen) atoms. The molecule has 8 heteroatoms. The fraction of sp³-hybridized carbons (Fsp3) is 0.692. The van der Waals surface area contributed by atoms with Gasteiger partial charge in [-0.1, -0.05) is 6.92 Å². The molecule has 0 spiro atoms. The zero-order chi connectivity index (χ0) is 16.3. The van der Waals surface area contributed by atoms with Gasteiger partial charge in [-0.25, -0.2) is 0 Å². The Labute approximate surface area is 122 Å². The van der Waals surface area contributed by atoms with Crippen molar-refractivity contribution in [2.75, 3.05) is 13.2 Å². The van der Waals surface area contributed by atoms with Crippen LogP contribution in [-0.4, -0.2) is 47.3 Å². The fourth-order valence-corrected chi connectivity index (χ4v) is 1.27. The number of unbranched alkanes of at least 4 members (excludes halogenated alkanes) is 1. The largest absolute Gasteiger partial charge is 0.396 e. The minimum atomic E-state index is -1.11. The number of hydrogen-bond donors (Lipinski definition) is 2. The van der Waals surface area contributed by atoms with Gasteiger partial charge in [0.05, 0.1) is 6.42 Å². The minimum Gasteiger partial charge on any atom is -0.396 e. The number of ether oxygens (including phenoxy) is 2. The van der Waals surface area contributed by atoms with E-state index in [1.807, 2.05) is 0 Å². The van der Waals surface area contributed by atoms with Crippen molar-refractivity contribution in [3.05, 3.63) is 0 Å². The summed E-state index contributed by atoms with van der Waals surface area (Å²) in [5.74, 6) is -4.23. The Kier molecular flexibility index (Phi) is 9.99. The van der Waals surface area contributed by atoms with Crippen molar-refractivity contribution in [3.8, 4) is 0 Å². The molecule has 0 heterocycles. The highest BCUT2D eigenvalue weighted by atomic mass is 16.6. The third-order valence-corrected chi connectivity index (χ3v) is 2.36. The molecule has 0 aromatic heterocycles. The van der Waals surface area contributed by atoms with Gasteiger partial charge in [-0.2, -0.15) is 0 Å². The van der Waals surface area contributed by atoms with Crippen LogP contribution < -0.4 is 0 Å². The summed E-state index contributed by atoms with van der Waals surface area (Å²) in [6.07, 6.45) is -0.274. The van der Waals surface area contributed by atoms with Crippen molar-refractivity contribution in [1.82, 2.24) is 0 Å². The maximum atomic E-state index is 11.2. The predicted octanol–water partition coefficient (Wildman–Crippen LogP) is -0.303. The molecule has 0 aliphatic heterocycles. The maximum absolute atomic E-state index is 11.2. The first-order valence-corrected chi connectivity index (χ1v) is 6.57. The first-order valence-electron chi connectivity index (χ1n) is 6.57. The summed E-state index contributed by atoms with van der Waals surface area (Å²) in [5.41, 5.74) is 0. The molecule has 1 atom stereocenters. The second-order valence-electron chi connectivity index (χ2n) is 4.54. The van der Waals surface area contributed by atoms with E-state index in [4.69, 9.17) is 10.2 Å². The molecule has 0 radical (unpaired) electrons. The Morgan fingerprint density at radius 2 is 1.48 bits per heavy atom. The molecule has 0 aromatic rings. The van der Waals surface area contributed by atoms with Gasteiger partial charge in [-0.3, -0.25) is 19.2 Å². The van der Waals surface area contributed by atoms with E-state index in [0.717, 1.165) is 0 Å². The normalized spacial score (nSPS) is 11.6. The zero-order valence-corrected chi connectivity index (χ0v) is 11.9. The lowest BCUT2D eigenvalue weighted by atomic mass is 10.1. The van der Waals surface area contributed by atoms with Crippen LogP contribution in [0.25, 0.3) is 0 Å². The molecule has 0 amide bonds. The minimum absolute atomic E-state index is 0.0473. The number of hydrogen-bond acceptors (Lipinski definition) is 8. The Morgan fingerprint density at radius 3 is 2.00 bits per heavy atom. The van der Waals surface area contributed by atoms with Crippen LogP contribution in [0.4, 0.5) is 0 Å². The lowest BCUT2D eigenvalue weighted by Crippen LogP contribution is -2.21. The number of aliphatic hydroxyl groups is 2. The highest BCUT2D eigenvalue weighted by molar-refractivity contribution is 5.99. The summed E-state index contributed by atoms with van der Waals surface area (Å²) in [7, 11) is 0. The van der Waals surface area contributed by atoms with Crippen molar-refractivity contribution in [2.24, 2.45) is 5.92 Å². The highest BCUT2D eigenvalue weighted by Gasteiger charge is 2.19. The lowest BCUT2D eigenvalue weighted by Gasteiger charge is -2.06. The van der Waals surface area contributed by atoms with Crippen molar-refractivity contribution in [1.29, 1.82) is 0 Å². The molecule has 120 valence electrons. The molecular formula is C13H20O8. The van der Waals surface area contributed by atoms with E-state index in [9.17, 15) is 19.2 Å². The van der Waals surface area contributed by atoms with Crippen LogP contribution in [0.3, 0.4) is 0 Å². The summed E-state index contributed by atoms with van der Waals surface area (Å²) < 4.78 is 8.68. The van der Waals surface area contributed by atoms with Crippen LogP contribution in [0.2, 0.25) is 0 Å². The molecular weight excluding hydrogens is 284 g/mol. The summed E-state index contributed by atoms with van der Waals surface area (Å²) in [6, 6.07) is 0. The van der Waals surface area contributed by atoms with E-state index in [1.54, 1.807) is 6.92 Å². The molecule has 0 fully saturated rings. The van der Waals surface area contributed by atoms with Crippen LogP contribution in [0.1, 0.15) is 39.0 Å². The Hall–Kier alpha value is -1.80. The summed E-state index contributed by atoms with van der Waals surface area (Å²) in [6.45, 7) is 1.29. The first-order chi connectivity index (χ1) is 9.88. The third kappa shape index (κ3) is 10.6. The average molecular weight is 304 g/mol. The average Bonchev–Trinajstić information content (AvgIpc) is 2.37. The molecule has 2 N–H and O–H groups in total. The van der Waals surface area contributed by atoms with E-state index in [0.29, 0.717) is 12.8 Å². The highest BCUT2D eigenvalue weighted by Crippen LogP contribution is 2.04. The quantitative estimate of drug-likeness (QED) is 0.337. The van der Waals surface area contributed by atoms with E-state index < -0.39 is 30.3 Å². The van der Waals surface area contributed by atoms with Crippen molar-refractivity contribution >= 4 is 23.9 Å². The molecule has 1 unspecified atom stereocenters. The predicted molar refractivity (Wildman–Crippen MR) is 68.6 cm³/mol. The van der Waals surface area contributed by atoms with Crippen molar-refractivity contribution in [2.45, 2.75) is 39.0 Å². The zero-order valence-electron chi connectivity index (χ0n) is 11.9. The number of carbonyl (C=O) groups is 4. The summed E-state index contributed by atoms with van der Waals surface area (Å²) in [5, 5.41) is 17.2. The number of carbonyl (C=O) groups excluding carboxylic acids is 4. The molecule has 0 aromatic carbocycles. The van der Waals surface area contributed by atoms with Gasteiger partial charge >= 0.3 is 23.9 Å². The Bertz CT molecular complexity index is 376. The lowest BCUT2D eigenvalue weighted by molar-refractivity contribution is -0.166. The second-order valence-corrected chi connectivity index (χ2v) is 4.54. The van der Waals surface area contributed by atoms with Crippen LogP contribution in [0.5, 0.6) is 0 Å². The van der Waals surface area contributed by atoms with Gasteiger partial charge in [0.2, 0.25) is 0 Å². The van der Waals surface area contributed by atoms with Crippen LogP contribution >= 0.6 is 0 Å². The van der Waals surface area contributed by atoms with E-state index in [1.165, 1.54) is 0 Å². The van der Waals surface area contributed by atoms with Gasteiger partial charge in [0.25, 0.3) is 0 Å². The van der Waals surface area contributed by atoms with Crippen LogP contribution in [-0.2, 0) is 28.7 Å². The van der Waals surface area contributed by atoms with E-state index >= 15 is 0 Å². The molecule has 0 saturated heterocycles. The smallest absolute Gasteiger partial charge is 0.324 e. The van der Waals surface area contributed by atoms with Crippen molar-refractivity contribution < 1.29 is 38.9 Å². The standard InChI is InChI=1S/C13H20O8/c1-9(8-15)6-11(17)21-13(19)7-12(18)20-10(16)4-2-3-5-14/h9,14-15H,2-8H2,1H3. The van der Waals surface area contributed by atoms with E-state index in [-0.39, 0.29) is 32.0 Å². The van der Waals surface area contributed by atoms with Crippen LogP contribution in [0, 0.1) is 5.92 Å². The van der Waals surface area contributed by atoms with E-state index in [2.05, 4.69) is 9.47 Å². The SMILES string of the molecule is CC(CO)CC(=O)OC(=O)CC(=O)OC(=O)CCCCO. The number of rotatable bonds is 9. The topological polar surface area (TPSA) is 127 Å². The number of aliphatic hydroxyl groups excluding tert-OH is 2. The van der Waals surface area contributed by atoms with Gasteiger partial charge < -0.3 is 19.7 Å². The van der Waals surface area contributed by atoms with Gasteiger partial charge in [-0.05, 0) is 18.8 Å². The summed E-state index contributed by atoms with van der Waals surface area (Å²) in [4.78, 5) is 44.8. The number of esters is 4. The molecule has 8 nitrogen and oxygen atoms in total. The molecule has 0 aliphatic carbocycles. The fourth-order valence-electron chi connectivity index (χ4n) is 1.27. The molecule has 0 aliphatic rings. The van der Waals surface area contributed by atoms with Gasteiger partial charge in [0.1, 0.15) is 6.42 Å². The Balaban J connectivity index is 3.96. The van der Waals surface area contributed by atoms with Gasteiger partial charge in [0.15, 0.2) is 0 Å². The third-order valence-electron chi connectivity index (χ3n) is 2.36. The first kappa shape index (κ1) is 19.2. The van der Waals surface area contributed by atoms with Gasteiger partial charge in [-0.15, -0.1) is 0 Å².